The van der Waals surface area contributed by atoms with E-state index in [2.05, 4.69) is 65.8 Å². The standard InChI is InChI=1S/C15H18N2/c1-16-12-17(2)15-10-8-14(9-11-15)13-6-4-3-5-7-13/h3-11,16H,12H2,1-2H3. The van der Waals surface area contributed by atoms with Gasteiger partial charge in [-0.3, -0.25) is 0 Å². The molecule has 2 nitrogen and oxygen atoms in total. The molecule has 2 heteroatoms. The zero-order chi connectivity index (χ0) is 12.1. The number of nitrogens with one attached hydrogen (secondary N) is 1. The second-order valence-electron chi connectivity index (χ2n) is 4.12. The quantitative estimate of drug-likeness (QED) is 0.806. The van der Waals surface area contributed by atoms with Crippen molar-refractivity contribution in [3.05, 3.63) is 54.6 Å². The molecule has 0 fully saturated rings. The van der Waals surface area contributed by atoms with Crippen LogP contribution in [0.3, 0.4) is 0 Å². The zero-order valence-electron chi connectivity index (χ0n) is 10.4. The van der Waals surface area contributed by atoms with Crippen molar-refractivity contribution in [2.45, 2.75) is 0 Å². The van der Waals surface area contributed by atoms with Crippen LogP contribution < -0.4 is 10.2 Å². The smallest absolute Gasteiger partial charge is 0.0676 e. The normalized spacial score (nSPS) is 10.2. The van der Waals surface area contributed by atoms with E-state index >= 15 is 0 Å². The lowest BCUT2D eigenvalue weighted by Gasteiger charge is -2.18. The van der Waals surface area contributed by atoms with Crippen molar-refractivity contribution in [3.8, 4) is 11.1 Å². The number of anilines is 1. The van der Waals surface area contributed by atoms with Crippen molar-refractivity contribution < 1.29 is 0 Å². The van der Waals surface area contributed by atoms with Crippen LogP contribution in [-0.2, 0) is 0 Å². The molecule has 0 unspecified atom stereocenters. The third-order valence-electron chi connectivity index (χ3n) is 2.81. The summed E-state index contributed by atoms with van der Waals surface area (Å²) in [5, 5.41) is 3.14. The van der Waals surface area contributed by atoms with Gasteiger partial charge in [0.2, 0.25) is 0 Å². The Hall–Kier alpha value is -1.80. The first-order valence-electron chi connectivity index (χ1n) is 5.82. The van der Waals surface area contributed by atoms with Crippen molar-refractivity contribution >= 4 is 5.69 Å². The van der Waals surface area contributed by atoms with Gasteiger partial charge in [-0.05, 0) is 30.3 Å². The third-order valence-corrected chi connectivity index (χ3v) is 2.81. The average molecular weight is 226 g/mol. The lowest BCUT2D eigenvalue weighted by atomic mass is 10.1. The molecular formula is C15H18N2. The van der Waals surface area contributed by atoms with Gasteiger partial charge in [-0.25, -0.2) is 0 Å². The van der Waals surface area contributed by atoms with Gasteiger partial charge in [0.1, 0.15) is 0 Å². The first-order valence-corrected chi connectivity index (χ1v) is 5.82. The molecule has 0 bridgehead atoms. The van der Waals surface area contributed by atoms with E-state index in [1.54, 1.807) is 0 Å². The first-order chi connectivity index (χ1) is 8.31. The Morgan fingerprint density at radius 1 is 0.882 bits per heavy atom. The fourth-order valence-corrected chi connectivity index (χ4v) is 1.87. The third kappa shape index (κ3) is 2.86. The van der Waals surface area contributed by atoms with Crippen molar-refractivity contribution in [1.82, 2.24) is 5.32 Å². The Morgan fingerprint density at radius 3 is 2.06 bits per heavy atom. The maximum atomic E-state index is 3.14. The van der Waals surface area contributed by atoms with Crippen molar-refractivity contribution in [2.75, 3.05) is 25.7 Å². The average Bonchev–Trinajstić information content (AvgIpc) is 2.40. The Labute approximate surface area is 103 Å². The van der Waals surface area contributed by atoms with E-state index in [4.69, 9.17) is 0 Å². The summed E-state index contributed by atoms with van der Waals surface area (Å²) in [4.78, 5) is 2.18. The summed E-state index contributed by atoms with van der Waals surface area (Å²) in [6.45, 7) is 0.852. The van der Waals surface area contributed by atoms with E-state index < -0.39 is 0 Å². The topological polar surface area (TPSA) is 15.3 Å². The molecule has 2 aromatic carbocycles. The summed E-state index contributed by atoms with van der Waals surface area (Å²) < 4.78 is 0. The van der Waals surface area contributed by atoms with Crippen LogP contribution in [0.15, 0.2) is 54.6 Å². The highest BCUT2D eigenvalue weighted by atomic mass is 15.2. The second kappa shape index (κ2) is 5.51. The molecule has 1 N–H and O–H groups in total. The molecule has 0 aromatic heterocycles. The summed E-state index contributed by atoms with van der Waals surface area (Å²) in [6, 6.07) is 19.1. The molecule has 0 amide bonds. The van der Waals surface area contributed by atoms with Crippen LogP contribution in [0, 0.1) is 0 Å². The molecule has 0 heterocycles. The van der Waals surface area contributed by atoms with Crippen molar-refractivity contribution in [2.24, 2.45) is 0 Å². The van der Waals surface area contributed by atoms with Crippen LogP contribution in [0.4, 0.5) is 5.69 Å². The lowest BCUT2D eigenvalue weighted by Crippen LogP contribution is -2.28. The molecule has 0 saturated carbocycles. The Balaban J connectivity index is 2.19. The highest BCUT2D eigenvalue weighted by Gasteiger charge is 2.00. The first kappa shape index (κ1) is 11.7. The zero-order valence-corrected chi connectivity index (χ0v) is 10.4. The number of hydrogen-bond donors (Lipinski definition) is 1. The molecule has 0 aliphatic rings. The van der Waals surface area contributed by atoms with Gasteiger partial charge in [-0.1, -0.05) is 42.5 Å². The van der Waals surface area contributed by atoms with Gasteiger partial charge in [0.05, 0.1) is 6.67 Å². The molecule has 0 spiro atoms. The number of hydrogen-bond acceptors (Lipinski definition) is 2. The van der Waals surface area contributed by atoms with Crippen LogP contribution >= 0.6 is 0 Å². The fourth-order valence-electron chi connectivity index (χ4n) is 1.87. The van der Waals surface area contributed by atoms with E-state index in [9.17, 15) is 0 Å². The number of nitrogens with zero attached hydrogens (tertiary/aromatic N) is 1. The molecule has 0 aliphatic heterocycles. The highest BCUT2D eigenvalue weighted by Crippen LogP contribution is 2.22. The minimum atomic E-state index is 0.852. The van der Waals surface area contributed by atoms with E-state index in [-0.39, 0.29) is 0 Å². The molecule has 0 atom stereocenters. The largest absolute Gasteiger partial charge is 0.362 e. The van der Waals surface area contributed by atoms with Gasteiger partial charge < -0.3 is 10.2 Å². The Kier molecular flexibility index (Phi) is 3.78. The minimum absolute atomic E-state index is 0.852. The van der Waals surface area contributed by atoms with Crippen molar-refractivity contribution in [3.63, 3.8) is 0 Å². The Morgan fingerprint density at radius 2 is 1.47 bits per heavy atom. The second-order valence-corrected chi connectivity index (χ2v) is 4.12. The van der Waals surface area contributed by atoms with E-state index in [0.29, 0.717) is 0 Å². The van der Waals surface area contributed by atoms with Crippen LogP contribution in [0.1, 0.15) is 0 Å². The summed E-state index contributed by atoms with van der Waals surface area (Å²) in [7, 11) is 4.03. The van der Waals surface area contributed by atoms with Gasteiger partial charge in [0, 0.05) is 12.7 Å². The van der Waals surface area contributed by atoms with Gasteiger partial charge >= 0.3 is 0 Å². The van der Waals surface area contributed by atoms with E-state index in [1.807, 2.05) is 13.1 Å². The van der Waals surface area contributed by atoms with Crippen LogP contribution in [0.25, 0.3) is 11.1 Å². The van der Waals surface area contributed by atoms with Gasteiger partial charge in [0.15, 0.2) is 0 Å². The van der Waals surface area contributed by atoms with Crippen molar-refractivity contribution in [1.29, 1.82) is 0 Å². The molecule has 0 aliphatic carbocycles. The maximum absolute atomic E-state index is 3.14. The monoisotopic (exact) mass is 226 g/mol. The molecule has 2 rings (SSSR count). The molecular weight excluding hydrogens is 208 g/mol. The highest BCUT2D eigenvalue weighted by molar-refractivity contribution is 5.66. The van der Waals surface area contributed by atoms with Crippen LogP contribution in [0.5, 0.6) is 0 Å². The Bertz CT molecular complexity index is 448. The van der Waals surface area contributed by atoms with Crippen LogP contribution in [-0.4, -0.2) is 20.8 Å². The maximum Gasteiger partial charge on any atom is 0.0676 e. The summed E-state index contributed by atoms with van der Waals surface area (Å²) in [5.74, 6) is 0. The number of benzene rings is 2. The summed E-state index contributed by atoms with van der Waals surface area (Å²) in [5.41, 5.74) is 3.74. The minimum Gasteiger partial charge on any atom is -0.362 e. The molecule has 0 radical (unpaired) electrons. The fraction of sp³-hybridized carbons (Fsp3) is 0.200. The SMILES string of the molecule is CNCN(C)c1ccc(-c2ccccc2)cc1. The number of rotatable bonds is 4. The van der Waals surface area contributed by atoms with Gasteiger partial charge in [0.25, 0.3) is 0 Å². The molecule has 17 heavy (non-hydrogen) atoms. The predicted octanol–water partition coefficient (Wildman–Crippen LogP) is 2.97. The van der Waals surface area contributed by atoms with E-state index in [1.165, 1.54) is 16.8 Å². The summed E-state index contributed by atoms with van der Waals surface area (Å²) >= 11 is 0. The van der Waals surface area contributed by atoms with E-state index in [0.717, 1.165) is 6.67 Å². The van der Waals surface area contributed by atoms with Crippen LogP contribution in [0.2, 0.25) is 0 Å². The lowest BCUT2D eigenvalue weighted by molar-refractivity contribution is 0.776. The predicted molar refractivity (Wildman–Crippen MR) is 74.2 cm³/mol. The molecule has 0 saturated heterocycles. The molecule has 2 aromatic rings. The summed E-state index contributed by atoms with van der Waals surface area (Å²) in [6.07, 6.45) is 0. The van der Waals surface area contributed by atoms with Gasteiger partial charge in [-0.2, -0.15) is 0 Å². The van der Waals surface area contributed by atoms with Gasteiger partial charge in [-0.15, -0.1) is 0 Å². The molecule has 88 valence electrons.